The number of nitrogens with one attached hydrogen (secondary N) is 1. The molecule has 0 amide bonds. The molecule has 1 aromatic carbocycles. The van der Waals surface area contributed by atoms with Gasteiger partial charge in [-0.05, 0) is 23.6 Å². The fraction of sp³-hybridized carbons (Fsp3) is 0.316. The number of hydrogen-bond acceptors (Lipinski definition) is 4. The van der Waals surface area contributed by atoms with Crippen molar-refractivity contribution in [3.8, 4) is 0 Å². The number of benzene rings is 1. The van der Waals surface area contributed by atoms with Crippen molar-refractivity contribution in [2.75, 3.05) is 6.61 Å². The molecule has 1 atom stereocenters. The molecule has 2 heterocycles. The van der Waals surface area contributed by atoms with E-state index in [4.69, 9.17) is 9.47 Å². The lowest BCUT2D eigenvalue weighted by Crippen LogP contribution is -2.18. The van der Waals surface area contributed by atoms with Crippen molar-refractivity contribution in [2.45, 2.75) is 32.6 Å². The third-order valence-corrected chi connectivity index (χ3v) is 3.80. The fourth-order valence-electron chi connectivity index (χ4n) is 2.43. The molecule has 0 radical (unpaired) electrons. The van der Waals surface area contributed by atoms with Gasteiger partial charge in [0.1, 0.15) is 6.26 Å². The van der Waals surface area contributed by atoms with E-state index >= 15 is 0 Å². The van der Waals surface area contributed by atoms with E-state index in [9.17, 15) is 0 Å². The molecule has 0 bridgehead atoms. The molecular weight excluding hydrogens is 288 g/mol. The Kier molecular flexibility index (Phi) is 4.93. The van der Waals surface area contributed by atoms with Crippen LogP contribution in [0.2, 0.25) is 0 Å². The Hall–Kier alpha value is -2.33. The zero-order valence-corrected chi connectivity index (χ0v) is 13.5. The van der Waals surface area contributed by atoms with E-state index in [2.05, 4.69) is 48.4 Å². The maximum atomic E-state index is 5.69. The van der Waals surface area contributed by atoms with Gasteiger partial charge in [0.25, 0.3) is 0 Å². The summed E-state index contributed by atoms with van der Waals surface area (Å²) in [5, 5.41) is 3.34. The Labute approximate surface area is 137 Å². The molecule has 1 aliphatic rings. The Balaban J connectivity index is 1.48. The molecule has 120 valence electrons. The molecule has 1 N–H and O–H groups in total. The summed E-state index contributed by atoms with van der Waals surface area (Å²) in [6.45, 7) is 5.36. The van der Waals surface area contributed by atoms with Crippen LogP contribution in [0.25, 0.3) is 0 Å². The van der Waals surface area contributed by atoms with E-state index in [-0.39, 0.29) is 6.23 Å². The van der Waals surface area contributed by atoms with Gasteiger partial charge in [0.2, 0.25) is 0 Å². The molecular formula is C19H22N2O2. The van der Waals surface area contributed by atoms with E-state index in [1.807, 2.05) is 18.2 Å². The SMILES string of the molecule is CC(C)c1ccc(C2NC(COCc3ccccn3)=CO2)cc1. The van der Waals surface area contributed by atoms with Crippen LogP contribution in [0.4, 0.5) is 0 Å². The van der Waals surface area contributed by atoms with E-state index in [0.717, 1.165) is 17.0 Å². The van der Waals surface area contributed by atoms with Gasteiger partial charge in [0, 0.05) is 11.8 Å². The minimum Gasteiger partial charge on any atom is -0.472 e. The van der Waals surface area contributed by atoms with E-state index in [0.29, 0.717) is 19.1 Å². The third kappa shape index (κ3) is 4.11. The van der Waals surface area contributed by atoms with Crippen molar-refractivity contribution in [3.05, 3.63) is 77.4 Å². The maximum Gasteiger partial charge on any atom is 0.195 e. The van der Waals surface area contributed by atoms with E-state index in [1.165, 1.54) is 5.56 Å². The first-order chi connectivity index (χ1) is 11.2. The van der Waals surface area contributed by atoms with E-state index in [1.54, 1.807) is 12.5 Å². The van der Waals surface area contributed by atoms with Gasteiger partial charge >= 0.3 is 0 Å². The minimum absolute atomic E-state index is 0.135. The number of ether oxygens (including phenoxy) is 2. The molecule has 0 saturated carbocycles. The summed E-state index contributed by atoms with van der Waals surface area (Å²) in [7, 11) is 0. The Morgan fingerprint density at radius 3 is 2.65 bits per heavy atom. The van der Waals surface area contributed by atoms with Crippen LogP contribution in [-0.4, -0.2) is 11.6 Å². The Morgan fingerprint density at radius 2 is 1.96 bits per heavy atom. The summed E-state index contributed by atoms with van der Waals surface area (Å²) >= 11 is 0. The van der Waals surface area contributed by atoms with Crippen LogP contribution in [0.1, 0.15) is 42.8 Å². The van der Waals surface area contributed by atoms with Crippen molar-refractivity contribution in [1.29, 1.82) is 0 Å². The van der Waals surface area contributed by atoms with Crippen LogP contribution in [0.15, 0.2) is 60.6 Å². The summed E-state index contributed by atoms with van der Waals surface area (Å²) in [4.78, 5) is 4.23. The second-order valence-electron chi connectivity index (χ2n) is 5.94. The lowest BCUT2D eigenvalue weighted by molar-refractivity contribution is 0.131. The van der Waals surface area contributed by atoms with Gasteiger partial charge < -0.3 is 14.8 Å². The number of nitrogens with zero attached hydrogens (tertiary/aromatic N) is 1. The third-order valence-electron chi connectivity index (χ3n) is 3.80. The highest BCUT2D eigenvalue weighted by molar-refractivity contribution is 5.27. The molecule has 0 spiro atoms. The predicted octanol–water partition coefficient (Wildman–Crippen LogP) is 3.88. The minimum atomic E-state index is -0.135. The molecule has 4 nitrogen and oxygen atoms in total. The van der Waals surface area contributed by atoms with Crippen LogP contribution < -0.4 is 5.32 Å². The van der Waals surface area contributed by atoms with Crippen molar-refractivity contribution in [3.63, 3.8) is 0 Å². The van der Waals surface area contributed by atoms with Gasteiger partial charge in [-0.1, -0.05) is 44.2 Å². The highest BCUT2D eigenvalue weighted by Gasteiger charge is 2.19. The smallest absolute Gasteiger partial charge is 0.195 e. The van der Waals surface area contributed by atoms with Crippen molar-refractivity contribution in [1.82, 2.24) is 10.3 Å². The highest BCUT2D eigenvalue weighted by Crippen LogP contribution is 2.24. The van der Waals surface area contributed by atoms with E-state index < -0.39 is 0 Å². The van der Waals surface area contributed by atoms with Crippen molar-refractivity contribution in [2.24, 2.45) is 0 Å². The first kappa shape index (κ1) is 15.6. The van der Waals surface area contributed by atoms with Gasteiger partial charge in [-0.2, -0.15) is 0 Å². The van der Waals surface area contributed by atoms with Gasteiger partial charge in [0.15, 0.2) is 6.23 Å². The van der Waals surface area contributed by atoms with Gasteiger partial charge in [-0.15, -0.1) is 0 Å². The number of pyridine rings is 1. The second kappa shape index (κ2) is 7.29. The first-order valence-corrected chi connectivity index (χ1v) is 7.91. The summed E-state index contributed by atoms with van der Waals surface area (Å²) in [5.74, 6) is 0.537. The Bertz CT molecular complexity index is 651. The second-order valence-corrected chi connectivity index (χ2v) is 5.94. The topological polar surface area (TPSA) is 43.4 Å². The molecule has 0 saturated heterocycles. The van der Waals surface area contributed by atoms with Crippen LogP contribution in [0, 0.1) is 0 Å². The van der Waals surface area contributed by atoms with Crippen LogP contribution in [-0.2, 0) is 16.1 Å². The molecule has 3 rings (SSSR count). The normalized spacial score (nSPS) is 16.8. The summed E-state index contributed by atoms with van der Waals surface area (Å²) < 4.78 is 11.4. The maximum absolute atomic E-state index is 5.69. The highest BCUT2D eigenvalue weighted by atomic mass is 16.5. The quantitative estimate of drug-likeness (QED) is 0.879. The predicted molar refractivity (Wildman–Crippen MR) is 89.5 cm³/mol. The molecule has 0 aliphatic carbocycles. The first-order valence-electron chi connectivity index (χ1n) is 7.91. The lowest BCUT2D eigenvalue weighted by Gasteiger charge is -2.14. The van der Waals surface area contributed by atoms with Gasteiger partial charge in [0.05, 0.1) is 24.6 Å². The van der Waals surface area contributed by atoms with Crippen LogP contribution in [0.3, 0.4) is 0 Å². The lowest BCUT2D eigenvalue weighted by atomic mass is 10.0. The molecule has 1 unspecified atom stereocenters. The largest absolute Gasteiger partial charge is 0.472 e. The number of aromatic nitrogens is 1. The number of hydrogen-bond donors (Lipinski definition) is 1. The zero-order valence-electron chi connectivity index (χ0n) is 13.5. The molecule has 2 aromatic rings. The Morgan fingerprint density at radius 1 is 1.13 bits per heavy atom. The van der Waals surface area contributed by atoms with Gasteiger partial charge in [-0.25, -0.2) is 0 Å². The molecule has 1 aromatic heterocycles. The summed E-state index contributed by atoms with van der Waals surface area (Å²) in [6, 6.07) is 14.3. The average Bonchev–Trinajstić information content (AvgIpc) is 3.05. The monoisotopic (exact) mass is 310 g/mol. The zero-order chi connectivity index (χ0) is 16.1. The average molecular weight is 310 g/mol. The molecule has 1 aliphatic heterocycles. The van der Waals surface area contributed by atoms with Crippen LogP contribution in [0.5, 0.6) is 0 Å². The van der Waals surface area contributed by atoms with Crippen LogP contribution >= 0.6 is 0 Å². The van der Waals surface area contributed by atoms with Crippen molar-refractivity contribution < 1.29 is 9.47 Å². The number of rotatable bonds is 6. The fourth-order valence-corrected chi connectivity index (χ4v) is 2.43. The van der Waals surface area contributed by atoms with Crippen molar-refractivity contribution >= 4 is 0 Å². The molecule has 23 heavy (non-hydrogen) atoms. The summed E-state index contributed by atoms with van der Waals surface area (Å²) in [6.07, 6.45) is 3.37. The molecule has 0 fully saturated rings. The van der Waals surface area contributed by atoms with Gasteiger partial charge in [-0.3, -0.25) is 4.98 Å². The standard InChI is InChI=1S/C19H22N2O2/c1-14(2)15-6-8-16(9-7-15)19-21-18(13-23-19)12-22-11-17-5-3-4-10-20-17/h3-10,13-14,19,21H,11-12H2,1-2H3. The molecule has 4 heteroatoms. The summed E-state index contributed by atoms with van der Waals surface area (Å²) in [5.41, 5.74) is 4.32.